The number of hydrogen-bond donors (Lipinski definition) is 2. The van der Waals surface area contributed by atoms with Crippen LogP contribution in [0.1, 0.15) is 30.9 Å². The van der Waals surface area contributed by atoms with Crippen LogP contribution in [0.2, 0.25) is 0 Å². The Balaban J connectivity index is 1.70. The molecule has 0 aliphatic carbocycles. The summed E-state index contributed by atoms with van der Waals surface area (Å²) in [5.74, 6) is 0.753. The van der Waals surface area contributed by atoms with Gasteiger partial charge in [0, 0.05) is 11.3 Å². The number of aliphatic hydroxyl groups is 1. The first kappa shape index (κ1) is 20.4. The van der Waals surface area contributed by atoms with Crippen molar-refractivity contribution in [3.8, 4) is 5.75 Å². The van der Waals surface area contributed by atoms with Crippen molar-refractivity contribution in [2.24, 2.45) is 5.41 Å². The van der Waals surface area contributed by atoms with E-state index in [-0.39, 0.29) is 5.92 Å². The second-order valence-corrected chi connectivity index (χ2v) is 9.01. The summed E-state index contributed by atoms with van der Waals surface area (Å²) in [6, 6.07) is 26.4. The summed E-state index contributed by atoms with van der Waals surface area (Å²) < 4.78 is 6.55. The number of benzene rings is 3. The second-order valence-electron chi connectivity index (χ2n) is 7.98. The normalized spacial score (nSPS) is 13.7. The quantitative estimate of drug-likeness (QED) is 0.367. The minimum absolute atomic E-state index is 0.0503. The minimum atomic E-state index is -0.811. The number of methoxy groups -OCH3 is 1. The van der Waals surface area contributed by atoms with Crippen molar-refractivity contribution in [3.05, 3.63) is 90.0 Å². The Labute approximate surface area is 181 Å². The van der Waals surface area contributed by atoms with Gasteiger partial charge < -0.3 is 15.2 Å². The topological polar surface area (TPSA) is 54.4 Å². The molecule has 1 aromatic heterocycles. The van der Waals surface area contributed by atoms with Gasteiger partial charge in [0.2, 0.25) is 0 Å². The van der Waals surface area contributed by atoms with Crippen molar-refractivity contribution in [2.75, 3.05) is 12.4 Å². The van der Waals surface area contributed by atoms with Crippen molar-refractivity contribution in [3.63, 3.8) is 0 Å². The molecule has 4 rings (SSSR count). The van der Waals surface area contributed by atoms with Crippen molar-refractivity contribution in [1.29, 1.82) is 0 Å². The van der Waals surface area contributed by atoms with E-state index >= 15 is 0 Å². The molecule has 1 heterocycles. The molecule has 4 aromatic rings. The third-order valence-corrected chi connectivity index (χ3v) is 6.53. The van der Waals surface area contributed by atoms with Crippen LogP contribution >= 0.6 is 11.3 Å². The number of aliphatic hydroxyl groups excluding tert-OH is 1. The summed E-state index contributed by atoms with van der Waals surface area (Å²) in [7, 11) is 1.67. The molecule has 30 heavy (non-hydrogen) atoms. The van der Waals surface area contributed by atoms with E-state index in [9.17, 15) is 5.11 Å². The number of ether oxygens (including phenoxy) is 1. The molecule has 0 bridgehead atoms. The van der Waals surface area contributed by atoms with Crippen LogP contribution in [0.15, 0.2) is 78.9 Å². The van der Waals surface area contributed by atoms with E-state index < -0.39 is 11.6 Å². The van der Waals surface area contributed by atoms with Gasteiger partial charge in [0.25, 0.3) is 0 Å². The monoisotopic (exact) mass is 418 g/mol. The largest absolute Gasteiger partial charge is 0.497 e. The second kappa shape index (κ2) is 8.46. The molecule has 0 saturated heterocycles. The van der Waals surface area contributed by atoms with Crippen LogP contribution in [-0.2, 0) is 0 Å². The Kier molecular flexibility index (Phi) is 5.75. The van der Waals surface area contributed by atoms with Gasteiger partial charge in [-0.1, -0.05) is 79.8 Å². The fourth-order valence-electron chi connectivity index (χ4n) is 3.91. The molecule has 0 fully saturated rings. The van der Waals surface area contributed by atoms with E-state index in [1.807, 2.05) is 60.7 Å². The highest BCUT2D eigenvalue weighted by Gasteiger charge is 2.39. The third kappa shape index (κ3) is 4.04. The lowest BCUT2D eigenvalue weighted by Gasteiger charge is -2.39. The number of rotatable bonds is 7. The van der Waals surface area contributed by atoms with Crippen LogP contribution < -0.4 is 10.1 Å². The van der Waals surface area contributed by atoms with Gasteiger partial charge in [-0.15, -0.1) is 0 Å². The average Bonchev–Trinajstić information content (AvgIpc) is 3.17. The van der Waals surface area contributed by atoms with Crippen LogP contribution in [0.4, 0.5) is 5.13 Å². The molecular weight excluding hydrogens is 392 g/mol. The first-order valence-corrected chi connectivity index (χ1v) is 10.8. The number of hydrogen-bond acceptors (Lipinski definition) is 5. The molecule has 0 spiro atoms. The number of anilines is 1. The highest BCUT2D eigenvalue weighted by Crippen LogP contribution is 2.44. The number of thiazole rings is 1. The van der Waals surface area contributed by atoms with Crippen molar-refractivity contribution >= 4 is 26.7 Å². The molecule has 0 aliphatic rings. The molecule has 2 N–H and O–H groups in total. The first-order valence-electron chi connectivity index (χ1n) is 9.98. The molecule has 2 unspecified atom stereocenters. The van der Waals surface area contributed by atoms with Gasteiger partial charge in [0.05, 0.1) is 17.3 Å². The molecule has 3 aromatic carbocycles. The van der Waals surface area contributed by atoms with Gasteiger partial charge in [0.15, 0.2) is 5.13 Å². The Hall–Kier alpha value is -2.89. The maximum atomic E-state index is 11.3. The summed E-state index contributed by atoms with van der Waals surface area (Å²) in [6.45, 7) is 4.16. The van der Waals surface area contributed by atoms with Crippen LogP contribution in [0, 0.1) is 5.41 Å². The van der Waals surface area contributed by atoms with Gasteiger partial charge in [-0.3, -0.25) is 0 Å². The lowest BCUT2D eigenvalue weighted by Crippen LogP contribution is -2.41. The van der Waals surface area contributed by atoms with E-state index in [0.29, 0.717) is 5.13 Å². The van der Waals surface area contributed by atoms with Gasteiger partial charge >= 0.3 is 0 Å². The summed E-state index contributed by atoms with van der Waals surface area (Å²) in [4.78, 5) is 4.63. The summed E-state index contributed by atoms with van der Waals surface area (Å²) >= 11 is 1.55. The number of fused-ring (bicyclic) bond motifs is 1. The molecule has 154 valence electrons. The first-order chi connectivity index (χ1) is 14.5. The molecule has 0 amide bonds. The highest BCUT2D eigenvalue weighted by atomic mass is 32.1. The SMILES string of the molecule is COc1cccc(C(c2ccccc2)C(C)(C)C(O)Nc2nc3ccccc3s2)c1. The fraction of sp³-hybridized carbons (Fsp3) is 0.240. The van der Waals surface area contributed by atoms with E-state index in [1.165, 1.54) is 0 Å². The van der Waals surface area contributed by atoms with Crippen molar-refractivity contribution < 1.29 is 9.84 Å². The standard InChI is InChI=1S/C25H26N2O2S/c1-25(2,23(28)27-24-26-20-14-7-8-15-21(20)30-24)22(17-10-5-4-6-11-17)18-12-9-13-19(16-18)29-3/h4-16,22-23,28H,1-3H3,(H,26,27). The maximum absolute atomic E-state index is 11.3. The number of nitrogens with one attached hydrogen (secondary N) is 1. The summed E-state index contributed by atoms with van der Waals surface area (Å²) in [5.41, 5.74) is 2.63. The lowest BCUT2D eigenvalue weighted by molar-refractivity contribution is 0.0613. The van der Waals surface area contributed by atoms with Gasteiger partial charge in [-0.25, -0.2) is 4.98 Å². The molecule has 0 aliphatic heterocycles. The predicted molar refractivity (Wildman–Crippen MR) is 124 cm³/mol. The lowest BCUT2D eigenvalue weighted by atomic mass is 9.70. The van der Waals surface area contributed by atoms with E-state index in [4.69, 9.17) is 4.74 Å². The van der Waals surface area contributed by atoms with E-state index in [2.05, 4.69) is 42.3 Å². The van der Waals surface area contributed by atoms with Gasteiger partial charge in [0.1, 0.15) is 12.0 Å². The molecule has 0 radical (unpaired) electrons. The highest BCUT2D eigenvalue weighted by molar-refractivity contribution is 7.22. The number of nitrogens with zero attached hydrogens (tertiary/aromatic N) is 1. The zero-order valence-electron chi connectivity index (χ0n) is 17.4. The van der Waals surface area contributed by atoms with Gasteiger partial charge in [-0.05, 0) is 35.4 Å². The molecule has 4 nitrogen and oxygen atoms in total. The van der Waals surface area contributed by atoms with E-state index in [1.54, 1.807) is 18.4 Å². The number of aromatic nitrogens is 1. The van der Waals surface area contributed by atoms with Crippen molar-refractivity contribution in [2.45, 2.75) is 26.0 Å². The van der Waals surface area contributed by atoms with E-state index in [0.717, 1.165) is 27.1 Å². The fourth-order valence-corrected chi connectivity index (χ4v) is 4.80. The van der Waals surface area contributed by atoms with Crippen molar-refractivity contribution in [1.82, 2.24) is 4.98 Å². The van der Waals surface area contributed by atoms with Crippen LogP contribution in [0.5, 0.6) is 5.75 Å². The minimum Gasteiger partial charge on any atom is -0.497 e. The molecular formula is C25H26N2O2S. The molecule has 0 saturated carbocycles. The third-order valence-electron chi connectivity index (χ3n) is 5.56. The number of para-hydroxylation sites is 1. The Morgan fingerprint density at radius 1 is 0.933 bits per heavy atom. The summed E-state index contributed by atoms with van der Waals surface area (Å²) in [6.07, 6.45) is -0.811. The average molecular weight is 419 g/mol. The van der Waals surface area contributed by atoms with Crippen LogP contribution in [0.3, 0.4) is 0 Å². The Morgan fingerprint density at radius 2 is 1.63 bits per heavy atom. The zero-order chi connectivity index (χ0) is 21.1. The van der Waals surface area contributed by atoms with Crippen LogP contribution in [-0.4, -0.2) is 23.4 Å². The Morgan fingerprint density at radius 3 is 2.37 bits per heavy atom. The zero-order valence-corrected chi connectivity index (χ0v) is 18.2. The molecule has 5 heteroatoms. The molecule has 2 atom stereocenters. The smallest absolute Gasteiger partial charge is 0.185 e. The Bertz CT molecular complexity index is 1090. The van der Waals surface area contributed by atoms with Crippen LogP contribution in [0.25, 0.3) is 10.2 Å². The maximum Gasteiger partial charge on any atom is 0.185 e. The summed E-state index contributed by atoms with van der Waals surface area (Å²) in [5, 5.41) is 15.3. The van der Waals surface area contributed by atoms with Gasteiger partial charge in [-0.2, -0.15) is 0 Å². The predicted octanol–water partition coefficient (Wildman–Crippen LogP) is 5.89.